The van der Waals surface area contributed by atoms with Crippen molar-refractivity contribution in [1.82, 2.24) is 0 Å². The van der Waals surface area contributed by atoms with Gasteiger partial charge in [-0.25, -0.2) is 0 Å². The molecule has 15 heavy (non-hydrogen) atoms. The summed E-state index contributed by atoms with van der Waals surface area (Å²) in [5.74, 6) is -0.0706. The summed E-state index contributed by atoms with van der Waals surface area (Å²) in [6.45, 7) is 1.41. The summed E-state index contributed by atoms with van der Waals surface area (Å²) >= 11 is 0. The molecule has 1 heterocycles. The summed E-state index contributed by atoms with van der Waals surface area (Å²) in [5.41, 5.74) is 0. The minimum absolute atomic E-state index is 0.146. The molecule has 1 saturated heterocycles. The number of ether oxygens (including phenoxy) is 1. The molecule has 0 spiro atoms. The standard InChI is InChI=1S/C12H20O3/c13-12(14)11(10-6-7-15-8-10)9-4-2-1-3-5-9/h9-11H,1-8H2,(H,13,14). The molecule has 2 atom stereocenters. The van der Waals surface area contributed by atoms with Crippen LogP contribution in [-0.4, -0.2) is 24.3 Å². The molecule has 0 amide bonds. The Bertz CT molecular complexity index is 215. The molecule has 0 aromatic heterocycles. The van der Waals surface area contributed by atoms with E-state index >= 15 is 0 Å². The zero-order valence-electron chi connectivity index (χ0n) is 9.15. The molecule has 1 saturated carbocycles. The Balaban J connectivity index is 2.00. The van der Waals surface area contributed by atoms with Gasteiger partial charge < -0.3 is 9.84 Å². The van der Waals surface area contributed by atoms with Crippen LogP contribution in [0.25, 0.3) is 0 Å². The minimum atomic E-state index is -0.600. The van der Waals surface area contributed by atoms with Crippen LogP contribution in [0, 0.1) is 17.8 Å². The first-order valence-electron chi connectivity index (χ1n) is 6.09. The molecular weight excluding hydrogens is 192 g/mol. The van der Waals surface area contributed by atoms with Crippen LogP contribution in [0.1, 0.15) is 38.5 Å². The zero-order chi connectivity index (χ0) is 10.7. The summed E-state index contributed by atoms with van der Waals surface area (Å²) in [6.07, 6.45) is 6.85. The van der Waals surface area contributed by atoms with Gasteiger partial charge in [0.1, 0.15) is 0 Å². The van der Waals surface area contributed by atoms with Gasteiger partial charge in [-0.2, -0.15) is 0 Å². The lowest BCUT2D eigenvalue weighted by Crippen LogP contribution is -2.32. The van der Waals surface area contributed by atoms with E-state index in [1.165, 1.54) is 19.3 Å². The monoisotopic (exact) mass is 212 g/mol. The molecule has 2 fully saturated rings. The third kappa shape index (κ3) is 2.51. The van der Waals surface area contributed by atoms with Crippen LogP contribution < -0.4 is 0 Å². The number of carbonyl (C=O) groups is 1. The molecule has 3 heteroatoms. The third-order valence-corrected chi connectivity index (χ3v) is 3.92. The first-order valence-corrected chi connectivity index (χ1v) is 6.09. The highest BCUT2D eigenvalue weighted by Gasteiger charge is 2.37. The van der Waals surface area contributed by atoms with Crippen molar-refractivity contribution in [2.45, 2.75) is 38.5 Å². The maximum absolute atomic E-state index is 11.3. The van der Waals surface area contributed by atoms with Gasteiger partial charge in [0.25, 0.3) is 0 Å². The van der Waals surface area contributed by atoms with E-state index in [0.717, 1.165) is 25.9 Å². The largest absolute Gasteiger partial charge is 0.481 e. The van der Waals surface area contributed by atoms with E-state index in [-0.39, 0.29) is 11.8 Å². The van der Waals surface area contributed by atoms with E-state index in [4.69, 9.17) is 4.74 Å². The lowest BCUT2D eigenvalue weighted by atomic mass is 9.74. The highest BCUT2D eigenvalue weighted by molar-refractivity contribution is 5.70. The SMILES string of the molecule is O=C(O)C(C1CCCCC1)C1CCOC1. The molecule has 2 aliphatic rings. The van der Waals surface area contributed by atoms with Gasteiger partial charge in [0.2, 0.25) is 0 Å². The van der Waals surface area contributed by atoms with Gasteiger partial charge in [-0.1, -0.05) is 19.3 Å². The highest BCUT2D eigenvalue weighted by Crippen LogP contribution is 2.37. The summed E-state index contributed by atoms with van der Waals surface area (Å²) in [6, 6.07) is 0. The number of carboxylic acid groups (broad SMARTS) is 1. The second-order valence-electron chi connectivity index (χ2n) is 4.89. The maximum Gasteiger partial charge on any atom is 0.307 e. The Morgan fingerprint density at radius 1 is 1.13 bits per heavy atom. The maximum atomic E-state index is 11.3. The van der Waals surface area contributed by atoms with Gasteiger partial charge in [0.15, 0.2) is 0 Å². The second-order valence-corrected chi connectivity index (χ2v) is 4.89. The van der Waals surface area contributed by atoms with Crippen molar-refractivity contribution in [1.29, 1.82) is 0 Å². The molecule has 1 N–H and O–H groups in total. The highest BCUT2D eigenvalue weighted by atomic mass is 16.5. The lowest BCUT2D eigenvalue weighted by molar-refractivity contribution is -0.146. The Morgan fingerprint density at radius 3 is 2.40 bits per heavy atom. The van der Waals surface area contributed by atoms with E-state index in [9.17, 15) is 9.90 Å². The van der Waals surface area contributed by atoms with Crippen molar-refractivity contribution < 1.29 is 14.6 Å². The number of carboxylic acids is 1. The smallest absolute Gasteiger partial charge is 0.307 e. The van der Waals surface area contributed by atoms with Gasteiger partial charge in [-0.15, -0.1) is 0 Å². The zero-order valence-corrected chi connectivity index (χ0v) is 9.15. The fourth-order valence-corrected chi connectivity index (χ4v) is 3.12. The molecule has 3 nitrogen and oxygen atoms in total. The van der Waals surface area contributed by atoms with E-state index in [2.05, 4.69) is 0 Å². The molecular formula is C12H20O3. The Hall–Kier alpha value is -0.570. The van der Waals surface area contributed by atoms with Gasteiger partial charge >= 0.3 is 5.97 Å². The molecule has 2 unspecified atom stereocenters. The molecule has 0 aromatic rings. The predicted octanol–water partition coefficient (Wildman–Crippen LogP) is 2.30. The average Bonchev–Trinajstić information content (AvgIpc) is 2.72. The quantitative estimate of drug-likeness (QED) is 0.780. The Morgan fingerprint density at radius 2 is 1.87 bits per heavy atom. The number of hydrogen-bond acceptors (Lipinski definition) is 2. The van der Waals surface area contributed by atoms with Crippen molar-refractivity contribution in [3.8, 4) is 0 Å². The normalized spacial score (nSPS) is 30.3. The predicted molar refractivity (Wildman–Crippen MR) is 56.6 cm³/mol. The van der Waals surface area contributed by atoms with Crippen LogP contribution in [0.2, 0.25) is 0 Å². The van der Waals surface area contributed by atoms with Crippen molar-refractivity contribution in [2.24, 2.45) is 17.8 Å². The van der Waals surface area contributed by atoms with Crippen LogP contribution >= 0.6 is 0 Å². The Labute approximate surface area is 90.8 Å². The van der Waals surface area contributed by atoms with Crippen molar-refractivity contribution >= 4 is 5.97 Å². The van der Waals surface area contributed by atoms with Crippen molar-refractivity contribution in [2.75, 3.05) is 13.2 Å². The van der Waals surface area contributed by atoms with Crippen LogP contribution in [-0.2, 0) is 9.53 Å². The summed E-state index contributed by atoms with van der Waals surface area (Å²) in [7, 11) is 0. The fourth-order valence-electron chi connectivity index (χ4n) is 3.12. The Kier molecular flexibility index (Phi) is 3.62. The van der Waals surface area contributed by atoms with Crippen LogP contribution in [0.3, 0.4) is 0 Å². The number of aliphatic carboxylic acids is 1. The molecule has 1 aliphatic heterocycles. The number of hydrogen-bond donors (Lipinski definition) is 1. The average molecular weight is 212 g/mol. The molecule has 2 rings (SSSR count). The van der Waals surface area contributed by atoms with E-state index in [0.29, 0.717) is 12.5 Å². The molecule has 0 radical (unpaired) electrons. The van der Waals surface area contributed by atoms with Gasteiger partial charge in [0.05, 0.1) is 12.5 Å². The summed E-state index contributed by atoms with van der Waals surface area (Å²) < 4.78 is 5.32. The lowest BCUT2D eigenvalue weighted by Gasteiger charge is -2.30. The minimum Gasteiger partial charge on any atom is -0.481 e. The van der Waals surface area contributed by atoms with Gasteiger partial charge in [-0.05, 0) is 31.1 Å². The van der Waals surface area contributed by atoms with E-state index in [1.807, 2.05) is 0 Å². The number of rotatable bonds is 3. The first kappa shape index (κ1) is 10.9. The van der Waals surface area contributed by atoms with Gasteiger partial charge in [-0.3, -0.25) is 4.79 Å². The molecule has 0 bridgehead atoms. The molecule has 1 aliphatic carbocycles. The van der Waals surface area contributed by atoms with Crippen LogP contribution in [0.4, 0.5) is 0 Å². The van der Waals surface area contributed by atoms with Crippen LogP contribution in [0.15, 0.2) is 0 Å². The van der Waals surface area contributed by atoms with E-state index < -0.39 is 5.97 Å². The fraction of sp³-hybridized carbons (Fsp3) is 0.917. The topological polar surface area (TPSA) is 46.5 Å². The van der Waals surface area contributed by atoms with Crippen molar-refractivity contribution in [3.05, 3.63) is 0 Å². The molecule has 0 aromatic carbocycles. The first-order chi connectivity index (χ1) is 7.29. The third-order valence-electron chi connectivity index (χ3n) is 3.92. The van der Waals surface area contributed by atoms with Crippen molar-refractivity contribution in [3.63, 3.8) is 0 Å². The summed E-state index contributed by atoms with van der Waals surface area (Å²) in [4.78, 5) is 11.3. The molecule has 86 valence electrons. The summed E-state index contributed by atoms with van der Waals surface area (Å²) in [5, 5.41) is 9.33. The van der Waals surface area contributed by atoms with E-state index in [1.54, 1.807) is 0 Å². The second kappa shape index (κ2) is 4.97. The van der Waals surface area contributed by atoms with Gasteiger partial charge in [0, 0.05) is 6.61 Å². The van der Waals surface area contributed by atoms with Crippen LogP contribution in [0.5, 0.6) is 0 Å².